The van der Waals surface area contributed by atoms with Crippen LogP contribution in [-0.4, -0.2) is 23.8 Å². The van der Waals surface area contributed by atoms with E-state index in [1.165, 1.54) is 64.3 Å². The van der Waals surface area contributed by atoms with Crippen LogP contribution in [0.1, 0.15) is 98.3 Å². The quantitative estimate of drug-likeness (QED) is 0.597. The smallest absolute Gasteiger partial charge is 0.0543 e. The first-order chi connectivity index (χ1) is 12.9. The fraction of sp³-hybridized carbons (Fsp3) is 1.00. The van der Waals surface area contributed by atoms with E-state index in [-0.39, 0.29) is 6.10 Å². The van der Waals surface area contributed by atoms with Crippen LogP contribution in [0.25, 0.3) is 0 Å². The number of fused-ring (bicyclic) bond motifs is 5. The van der Waals surface area contributed by atoms with Crippen LogP contribution in [0.4, 0.5) is 0 Å². The van der Waals surface area contributed by atoms with E-state index in [0.717, 1.165) is 42.4 Å². The molecule has 0 saturated heterocycles. The molecule has 0 amide bonds. The Morgan fingerprint density at radius 2 is 1.70 bits per heavy atom. The summed E-state index contributed by atoms with van der Waals surface area (Å²) in [7, 11) is 0. The van der Waals surface area contributed by atoms with Gasteiger partial charge in [0.25, 0.3) is 0 Å². The Balaban J connectivity index is 1.49. The van der Waals surface area contributed by atoms with Gasteiger partial charge in [-0.2, -0.15) is 0 Å². The van der Waals surface area contributed by atoms with Crippen molar-refractivity contribution in [1.82, 2.24) is 5.32 Å². The zero-order valence-electron chi connectivity index (χ0n) is 18.5. The lowest BCUT2D eigenvalue weighted by Crippen LogP contribution is -2.55. The molecule has 9 atom stereocenters. The molecule has 0 radical (unpaired) electrons. The highest BCUT2D eigenvalue weighted by atomic mass is 16.3. The Morgan fingerprint density at radius 1 is 0.963 bits per heavy atom. The molecule has 4 saturated carbocycles. The molecule has 0 aromatic rings. The highest BCUT2D eigenvalue weighted by Crippen LogP contribution is 2.67. The molecule has 4 fully saturated rings. The highest BCUT2D eigenvalue weighted by molar-refractivity contribution is 5.10. The SMILES string of the molecule is CCCCNC(C)[C@H]1CC[C@H]2[C@@H]3CC[C@H]4C[C@@H](O)CC[C@]4(C)[C@H]3CC[C@]12C. The van der Waals surface area contributed by atoms with Gasteiger partial charge in [-0.25, -0.2) is 0 Å². The Morgan fingerprint density at radius 3 is 2.48 bits per heavy atom. The lowest BCUT2D eigenvalue weighted by molar-refractivity contribution is -0.127. The van der Waals surface area contributed by atoms with Gasteiger partial charge in [0.2, 0.25) is 0 Å². The average molecular weight is 376 g/mol. The van der Waals surface area contributed by atoms with Crippen molar-refractivity contribution in [2.24, 2.45) is 40.4 Å². The van der Waals surface area contributed by atoms with Crippen LogP contribution in [0.2, 0.25) is 0 Å². The molecular formula is C25H45NO. The first-order valence-electron chi connectivity index (χ1n) is 12.3. The summed E-state index contributed by atoms with van der Waals surface area (Å²) in [4.78, 5) is 0. The number of nitrogens with one attached hydrogen (secondary N) is 1. The molecule has 2 nitrogen and oxygen atoms in total. The van der Waals surface area contributed by atoms with Crippen LogP contribution >= 0.6 is 0 Å². The van der Waals surface area contributed by atoms with E-state index in [9.17, 15) is 5.11 Å². The van der Waals surface area contributed by atoms with E-state index in [1.807, 2.05) is 0 Å². The highest BCUT2D eigenvalue weighted by Gasteiger charge is 2.60. The summed E-state index contributed by atoms with van der Waals surface area (Å²) in [5, 5.41) is 14.1. The van der Waals surface area contributed by atoms with Gasteiger partial charge in [0.1, 0.15) is 0 Å². The number of rotatable bonds is 5. The van der Waals surface area contributed by atoms with Gasteiger partial charge >= 0.3 is 0 Å². The normalized spacial score (nSPS) is 50.6. The minimum Gasteiger partial charge on any atom is -0.393 e. The van der Waals surface area contributed by atoms with Crippen LogP contribution in [-0.2, 0) is 0 Å². The summed E-state index contributed by atoms with van der Waals surface area (Å²) in [5.74, 6) is 4.52. The van der Waals surface area contributed by atoms with Gasteiger partial charge in [-0.15, -0.1) is 0 Å². The van der Waals surface area contributed by atoms with E-state index in [4.69, 9.17) is 0 Å². The third-order valence-electron chi connectivity index (χ3n) is 10.3. The maximum Gasteiger partial charge on any atom is 0.0543 e. The van der Waals surface area contributed by atoms with Crippen molar-refractivity contribution in [3.8, 4) is 0 Å². The zero-order valence-corrected chi connectivity index (χ0v) is 18.5. The van der Waals surface area contributed by atoms with Crippen LogP contribution in [0.5, 0.6) is 0 Å². The number of hydrogen-bond donors (Lipinski definition) is 2. The predicted molar refractivity (Wildman–Crippen MR) is 114 cm³/mol. The molecule has 0 spiro atoms. The molecule has 0 aliphatic heterocycles. The molecule has 0 heterocycles. The Bertz CT molecular complexity index is 520. The molecule has 0 bridgehead atoms. The molecule has 156 valence electrons. The third-order valence-corrected chi connectivity index (χ3v) is 10.3. The molecule has 27 heavy (non-hydrogen) atoms. The summed E-state index contributed by atoms with van der Waals surface area (Å²) in [6, 6.07) is 0.680. The third kappa shape index (κ3) is 3.31. The number of aliphatic hydroxyl groups excluding tert-OH is 1. The van der Waals surface area contributed by atoms with E-state index in [1.54, 1.807) is 0 Å². The molecular weight excluding hydrogens is 330 g/mol. The largest absolute Gasteiger partial charge is 0.393 e. The van der Waals surface area contributed by atoms with Gasteiger partial charge in [-0.3, -0.25) is 0 Å². The summed E-state index contributed by atoms with van der Waals surface area (Å²) < 4.78 is 0. The Kier molecular flexibility index (Phi) is 5.71. The van der Waals surface area contributed by atoms with Crippen LogP contribution in [0.15, 0.2) is 0 Å². The van der Waals surface area contributed by atoms with Gasteiger partial charge < -0.3 is 10.4 Å². The molecule has 0 aromatic heterocycles. The van der Waals surface area contributed by atoms with E-state index >= 15 is 0 Å². The van der Waals surface area contributed by atoms with Crippen molar-refractivity contribution in [2.75, 3.05) is 6.54 Å². The summed E-state index contributed by atoms with van der Waals surface area (Å²) in [6.45, 7) is 11.2. The van der Waals surface area contributed by atoms with Crippen LogP contribution in [0, 0.1) is 40.4 Å². The lowest BCUT2D eigenvalue weighted by atomic mass is 9.44. The first-order valence-corrected chi connectivity index (χ1v) is 12.3. The zero-order chi connectivity index (χ0) is 19.2. The Labute approximate surface area is 168 Å². The monoisotopic (exact) mass is 375 g/mol. The van der Waals surface area contributed by atoms with Crippen molar-refractivity contribution in [2.45, 2.75) is 110 Å². The van der Waals surface area contributed by atoms with Crippen molar-refractivity contribution in [3.05, 3.63) is 0 Å². The van der Waals surface area contributed by atoms with Crippen molar-refractivity contribution >= 4 is 0 Å². The maximum absolute atomic E-state index is 10.2. The summed E-state index contributed by atoms with van der Waals surface area (Å²) in [5.41, 5.74) is 1.09. The fourth-order valence-electron chi connectivity index (χ4n) is 8.75. The first kappa shape index (κ1) is 20.2. The predicted octanol–water partition coefficient (Wildman–Crippen LogP) is 5.78. The minimum absolute atomic E-state index is 0.0145. The number of aliphatic hydroxyl groups is 1. The number of unbranched alkanes of at least 4 members (excludes halogenated alkanes) is 1. The van der Waals surface area contributed by atoms with Gasteiger partial charge in [0, 0.05) is 6.04 Å². The average Bonchev–Trinajstić information content (AvgIpc) is 3.00. The minimum atomic E-state index is -0.0145. The van der Waals surface area contributed by atoms with Gasteiger partial charge in [0.05, 0.1) is 6.10 Å². The van der Waals surface area contributed by atoms with Crippen LogP contribution < -0.4 is 5.32 Å². The summed E-state index contributed by atoms with van der Waals surface area (Å²) >= 11 is 0. The topological polar surface area (TPSA) is 32.3 Å². The van der Waals surface area contributed by atoms with Crippen LogP contribution in [0.3, 0.4) is 0 Å². The number of hydrogen-bond acceptors (Lipinski definition) is 2. The second-order valence-electron chi connectivity index (χ2n) is 11.4. The molecule has 1 unspecified atom stereocenters. The molecule has 4 aliphatic carbocycles. The van der Waals surface area contributed by atoms with E-state index in [2.05, 4.69) is 33.0 Å². The lowest BCUT2D eigenvalue weighted by Gasteiger charge is -2.61. The van der Waals surface area contributed by atoms with Crippen molar-refractivity contribution in [3.63, 3.8) is 0 Å². The second kappa shape index (κ2) is 7.63. The van der Waals surface area contributed by atoms with E-state index in [0.29, 0.717) is 16.9 Å². The fourth-order valence-corrected chi connectivity index (χ4v) is 8.75. The molecule has 0 aromatic carbocycles. The molecule has 4 aliphatic rings. The van der Waals surface area contributed by atoms with Gasteiger partial charge in [-0.05, 0) is 118 Å². The van der Waals surface area contributed by atoms with Gasteiger partial charge in [0.15, 0.2) is 0 Å². The molecule has 4 rings (SSSR count). The second-order valence-corrected chi connectivity index (χ2v) is 11.4. The van der Waals surface area contributed by atoms with Crippen molar-refractivity contribution in [1.29, 1.82) is 0 Å². The van der Waals surface area contributed by atoms with E-state index < -0.39 is 0 Å². The standard InChI is InChI=1S/C25H45NO/c1-5-6-15-26-17(2)21-9-10-22-20-8-7-18-16-19(27)11-13-24(18,3)23(20)12-14-25(21,22)4/h17-23,26-27H,5-16H2,1-4H3/t17?,18-,19-,20-,21+,22-,23-,24-,25+/m0/s1. The molecule has 2 heteroatoms. The summed E-state index contributed by atoms with van der Waals surface area (Å²) in [6.07, 6.45) is 14.7. The Hall–Kier alpha value is -0.0800. The molecule has 2 N–H and O–H groups in total. The maximum atomic E-state index is 10.2. The van der Waals surface area contributed by atoms with Crippen molar-refractivity contribution < 1.29 is 5.11 Å². The van der Waals surface area contributed by atoms with Gasteiger partial charge in [-0.1, -0.05) is 27.2 Å².